The van der Waals surface area contributed by atoms with Crippen LogP contribution in [0.3, 0.4) is 0 Å². The van der Waals surface area contributed by atoms with E-state index >= 15 is 0 Å². The Labute approximate surface area is 189 Å². The SMILES string of the molecule is CCC.CCCSNc1ccc(Cl)c(C=O)c1F.CNc1ccc(NC(C)C)nc1. The molecule has 0 radical (unpaired) electrons. The van der Waals surface area contributed by atoms with Crippen LogP contribution >= 0.6 is 23.5 Å². The molecule has 30 heavy (non-hydrogen) atoms. The van der Waals surface area contributed by atoms with Crippen molar-refractivity contribution < 1.29 is 9.18 Å². The molecule has 1 aromatic carbocycles. The number of hydrogen-bond acceptors (Lipinski definition) is 6. The molecule has 1 aromatic heterocycles. The number of aldehydes is 1. The fourth-order valence-corrected chi connectivity index (χ4v) is 2.72. The second kappa shape index (κ2) is 16.8. The number of halogens is 2. The van der Waals surface area contributed by atoms with Crippen molar-refractivity contribution in [2.24, 2.45) is 0 Å². The molecular weight excluding hydrogens is 423 g/mol. The van der Waals surface area contributed by atoms with E-state index in [-0.39, 0.29) is 10.6 Å². The van der Waals surface area contributed by atoms with Crippen molar-refractivity contribution in [3.05, 3.63) is 46.9 Å². The van der Waals surface area contributed by atoms with E-state index in [2.05, 4.69) is 48.0 Å². The number of rotatable bonds is 8. The van der Waals surface area contributed by atoms with Crippen LogP contribution in [0.1, 0.15) is 57.8 Å². The number of anilines is 3. The third-order valence-electron chi connectivity index (χ3n) is 3.22. The van der Waals surface area contributed by atoms with Crippen LogP contribution in [0.4, 0.5) is 21.6 Å². The molecule has 3 N–H and O–H groups in total. The minimum absolute atomic E-state index is 0.0984. The molecule has 0 fully saturated rings. The lowest BCUT2D eigenvalue weighted by molar-refractivity contribution is 0.112. The molecule has 0 saturated heterocycles. The van der Waals surface area contributed by atoms with Crippen molar-refractivity contribution in [2.45, 2.75) is 53.5 Å². The molecule has 0 spiro atoms. The van der Waals surface area contributed by atoms with Gasteiger partial charge in [0.25, 0.3) is 0 Å². The van der Waals surface area contributed by atoms with Gasteiger partial charge in [0.15, 0.2) is 12.1 Å². The third kappa shape index (κ3) is 11.3. The molecule has 0 aliphatic heterocycles. The van der Waals surface area contributed by atoms with Gasteiger partial charge in [-0.2, -0.15) is 0 Å². The van der Waals surface area contributed by atoms with Crippen LogP contribution in [0.15, 0.2) is 30.5 Å². The summed E-state index contributed by atoms with van der Waals surface area (Å²) >= 11 is 7.05. The predicted octanol–water partition coefficient (Wildman–Crippen LogP) is 7.12. The van der Waals surface area contributed by atoms with Crippen molar-refractivity contribution in [1.29, 1.82) is 0 Å². The van der Waals surface area contributed by atoms with Crippen molar-refractivity contribution in [3.63, 3.8) is 0 Å². The fraction of sp³-hybridized carbons (Fsp3) is 0.455. The predicted molar refractivity (Wildman–Crippen MR) is 132 cm³/mol. The molecule has 2 aromatic rings. The van der Waals surface area contributed by atoms with Gasteiger partial charge in [0.2, 0.25) is 0 Å². The van der Waals surface area contributed by atoms with Crippen LogP contribution in [-0.2, 0) is 0 Å². The number of aromatic nitrogens is 1. The Morgan fingerprint density at radius 1 is 1.20 bits per heavy atom. The summed E-state index contributed by atoms with van der Waals surface area (Å²) in [4.78, 5) is 14.8. The van der Waals surface area contributed by atoms with Crippen LogP contribution in [-0.4, -0.2) is 30.1 Å². The maximum atomic E-state index is 13.6. The number of benzene rings is 1. The van der Waals surface area contributed by atoms with Gasteiger partial charge in [-0.3, -0.25) is 4.79 Å². The summed E-state index contributed by atoms with van der Waals surface area (Å²) in [6.45, 7) is 10.5. The summed E-state index contributed by atoms with van der Waals surface area (Å²) in [5.41, 5.74) is 1.23. The largest absolute Gasteiger partial charge is 0.387 e. The van der Waals surface area contributed by atoms with Crippen LogP contribution in [0.25, 0.3) is 0 Å². The number of hydrogen-bond donors (Lipinski definition) is 3. The highest BCUT2D eigenvalue weighted by Gasteiger charge is 2.11. The molecule has 2 rings (SSSR count). The lowest BCUT2D eigenvalue weighted by Gasteiger charge is -2.08. The summed E-state index contributed by atoms with van der Waals surface area (Å²) in [5, 5.41) is 6.37. The van der Waals surface area contributed by atoms with Crippen molar-refractivity contribution in [1.82, 2.24) is 4.98 Å². The van der Waals surface area contributed by atoms with Crippen LogP contribution in [0.2, 0.25) is 5.02 Å². The first kappa shape index (κ1) is 28.0. The topological polar surface area (TPSA) is 66.1 Å². The van der Waals surface area contributed by atoms with E-state index in [1.54, 1.807) is 0 Å². The summed E-state index contributed by atoms with van der Waals surface area (Å²) < 4.78 is 16.4. The lowest BCUT2D eigenvalue weighted by Crippen LogP contribution is -2.10. The number of nitrogens with zero attached hydrogens (tertiary/aromatic N) is 1. The zero-order valence-corrected chi connectivity index (χ0v) is 20.3. The Morgan fingerprint density at radius 2 is 1.87 bits per heavy atom. The van der Waals surface area contributed by atoms with Gasteiger partial charge in [-0.15, -0.1) is 0 Å². The summed E-state index contributed by atoms with van der Waals surface area (Å²) in [5.74, 6) is 1.20. The number of carbonyl (C=O) groups is 1. The molecule has 5 nitrogen and oxygen atoms in total. The number of pyridine rings is 1. The van der Waals surface area contributed by atoms with Gasteiger partial charge in [-0.1, -0.05) is 50.7 Å². The molecule has 0 atom stereocenters. The Hall–Kier alpha value is -1.99. The van der Waals surface area contributed by atoms with Gasteiger partial charge < -0.3 is 15.4 Å². The second-order valence-electron chi connectivity index (χ2n) is 6.58. The van der Waals surface area contributed by atoms with E-state index in [0.29, 0.717) is 18.0 Å². The van der Waals surface area contributed by atoms with Crippen molar-refractivity contribution in [3.8, 4) is 0 Å². The van der Waals surface area contributed by atoms with Crippen molar-refractivity contribution in [2.75, 3.05) is 28.2 Å². The van der Waals surface area contributed by atoms with E-state index in [9.17, 15) is 9.18 Å². The molecular formula is C22H34ClFN4OS. The van der Waals surface area contributed by atoms with Gasteiger partial charge in [0, 0.05) is 18.8 Å². The summed E-state index contributed by atoms with van der Waals surface area (Å²) in [6, 6.07) is 7.41. The highest BCUT2D eigenvalue weighted by Crippen LogP contribution is 2.26. The highest BCUT2D eigenvalue weighted by atomic mass is 35.5. The maximum Gasteiger partial charge on any atom is 0.159 e. The molecule has 168 valence electrons. The minimum Gasteiger partial charge on any atom is -0.387 e. The molecule has 1 heterocycles. The Balaban J connectivity index is 0.000000505. The highest BCUT2D eigenvalue weighted by molar-refractivity contribution is 8.00. The summed E-state index contributed by atoms with van der Waals surface area (Å²) in [6.07, 6.45) is 4.48. The molecule has 0 unspecified atom stereocenters. The van der Waals surface area contributed by atoms with E-state index in [4.69, 9.17) is 11.6 Å². The van der Waals surface area contributed by atoms with E-state index in [1.165, 1.54) is 30.5 Å². The molecule has 0 aliphatic carbocycles. The second-order valence-corrected chi connectivity index (χ2v) is 7.89. The molecule has 8 heteroatoms. The quantitative estimate of drug-likeness (QED) is 0.223. The van der Waals surface area contributed by atoms with Gasteiger partial charge in [-0.25, -0.2) is 9.37 Å². The zero-order valence-electron chi connectivity index (χ0n) is 18.7. The summed E-state index contributed by atoms with van der Waals surface area (Å²) in [7, 11) is 1.88. The lowest BCUT2D eigenvalue weighted by atomic mass is 10.2. The molecule has 0 saturated carbocycles. The maximum absolute atomic E-state index is 13.6. The van der Waals surface area contributed by atoms with Crippen molar-refractivity contribution >= 4 is 47.0 Å². The average molecular weight is 457 g/mol. The normalized spacial score (nSPS) is 9.63. The number of nitrogens with one attached hydrogen (secondary N) is 3. The first-order valence-electron chi connectivity index (χ1n) is 10.1. The third-order valence-corrected chi connectivity index (χ3v) is 4.53. The van der Waals surface area contributed by atoms with E-state index in [0.717, 1.165) is 23.7 Å². The molecule has 0 bridgehead atoms. The van der Waals surface area contributed by atoms with Crippen LogP contribution in [0, 0.1) is 5.82 Å². The smallest absolute Gasteiger partial charge is 0.159 e. The van der Waals surface area contributed by atoms with Gasteiger partial charge in [0.1, 0.15) is 5.82 Å². The Kier molecular flexibility index (Phi) is 15.7. The first-order chi connectivity index (χ1) is 14.3. The monoisotopic (exact) mass is 456 g/mol. The van der Waals surface area contributed by atoms with E-state index in [1.807, 2.05) is 32.3 Å². The van der Waals surface area contributed by atoms with Gasteiger partial charge >= 0.3 is 0 Å². The standard InChI is InChI=1S/C10H11ClFNOS.C9H15N3.C3H8/c1-2-5-15-13-9-4-3-8(11)7(6-14)10(9)12;1-7(2)12-9-5-4-8(10-3)6-11-9;1-3-2/h3-4,6,13H,2,5H2,1H3;4-7,10H,1-3H3,(H,11,12);3H2,1-2H3. The van der Waals surface area contributed by atoms with Gasteiger partial charge in [0.05, 0.1) is 28.2 Å². The van der Waals surface area contributed by atoms with Crippen LogP contribution < -0.4 is 15.4 Å². The Bertz CT molecular complexity index is 730. The minimum atomic E-state index is -0.596. The average Bonchev–Trinajstić information content (AvgIpc) is 2.71. The molecule has 0 amide bonds. The number of carbonyl (C=O) groups excluding carboxylic acids is 1. The fourth-order valence-electron chi connectivity index (χ4n) is 1.91. The van der Waals surface area contributed by atoms with E-state index < -0.39 is 5.82 Å². The zero-order chi connectivity index (χ0) is 22.9. The molecule has 0 aliphatic rings. The van der Waals surface area contributed by atoms with Crippen LogP contribution in [0.5, 0.6) is 0 Å². The van der Waals surface area contributed by atoms with Gasteiger partial charge in [-0.05, 0) is 44.5 Å². The Morgan fingerprint density at radius 3 is 2.33 bits per heavy atom. The first-order valence-corrected chi connectivity index (χ1v) is 11.4.